The van der Waals surface area contributed by atoms with Crippen molar-refractivity contribution in [3.05, 3.63) is 0 Å². The Hall–Kier alpha value is -0.620. The van der Waals surface area contributed by atoms with Gasteiger partial charge in [0.1, 0.15) is 4.75 Å². The maximum Gasteiger partial charge on any atom is 0.243 e. The molecule has 1 fully saturated rings. The number of sulfone groups is 1. The Morgan fingerprint density at radius 1 is 1.50 bits per heavy atom. The van der Waals surface area contributed by atoms with E-state index in [1.54, 1.807) is 0 Å². The summed E-state index contributed by atoms with van der Waals surface area (Å²) in [7, 11) is -3.44. The Morgan fingerprint density at radius 2 is 2.06 bits per heavy atom. The summed E-state index contributed by atoms with van der Waals surface area (Å²) in [5.74, 6) is -0.411. The fraction of sp³-hybridized carbons (Fsp3) is 0.900. The van der Waals surface area contributed by atoms with E-state index in [0.29, 0.717) is 6.54 Å². The van der Waals surface area contributed by atoms with Gasteiger partial charge in [-0.1, -0.05) is 0 Å². The molecule has 1 aliphatic rings. The van der Waals surface area contributed by atoms with Crippen molar-refractivity contribution in [2.75, 3.05) is 19.4 Å². The summed E-state index contributed by atoms with van der Waals surface area (Å²) in [5.41, 5.74) is 0. The monoisotopic (exact) mass is 249 g/mol. The van der Waals surface area contributed by atoms with Gasteiger partial charge in [0.2, 0.25) is 5.91 Å². The summed E-state index contributed by atoms with van der Waals surface area (Å²) in [4.78, 5) is 13.6. The zero-order chi connectivity index (χ0) is 12.6. The third-order valence-electron chi connectivity index (χ3n) is 3.29. The fourth-order valence-corrected chi connectivity index (χ4v) is 2.23. The molecule has 5 nitrogen and oxygen atoms in total. The van der Waals surface area contributed by atoms with Gasteiger partial charge in [-0.05, 0) is 26.7 Å². The van der Waals surface area contributed by atoms with Crippen LogP contribution in [0, 0.1) is 0 Å². The molecule has 1 heterocycles. The van der Waals surface area contributed by atoms with Crippen LogP contribution in [0.1, 0.15) is 26.7 Å². The van der Waals surface area contributed by atoms with E-state index >= 15 is 0 Å². The maximum atomic E-state index is 12.1. The number of carbonyl (C=O) groups excluding carboxylic acids is 1. The van der Waals surface area contributed by atoms with Gasteiger partial charge in [0.25, 0.3) is 0 Å². The van der Waals surface area contributed by atoms with Crippen LogP contribution in [0.2, 0.25) is 0 Å². The summed E-state index contributed by atoms with van der Waals surface area (Å²) < 4.78 is 21.7. The normalized spacial score (nSPS) is 22.5. The number of aliphatic hydroxyl groups is 1. The van der Waals surface area contributed by atoms with Gasteiger partial charge in [0.05, 0.1) is 12.6 Å². The molecule has 1 atom stereocenters. The minimum absolute atomic E-state index is 0.106. The van der Waals surface area contributed by atoms with Crippen LogP contribution in [0.25, 0.3) is 0 Å². The van der Waals surface area contributed by atoms with Gasteiger partial charge < -0.3 is 10.0 Å². The molecule has 0 aliphatic carbocycles. The lowest BCUT2D eigenvalue weighted by molar-refractivity contribution is -0.134. The second-order valence-electron chi connectivity index (χ2n) is 4.76. The van der Waals surface area contributed by atoms with Crippen LogP contribution in [-0.4, -0.2) is 54.5 Å². The Morgan fingerprint density at radius 3 is 2.50 bits per heavy atom. The van der Waals surface area contributed by atoms with Gasteiger partial charge in [0.15, 0.2) is 9.84 Å². The Balaban J connectivity index is 2.94. The third-order valence-corrected chi connectivity index (χ3v) is 5.32. The molecule has 0 saturated carbocycles. The molecule has 1 rings (SSSR count). The highest BCUT2D eigenvalue weighted by Crippen LogP contribution is 2.25. The second-order valence-corrected chi connectivity index (χ2v) is 7.32. The van der Waals surface area contributed by atoms with E-state index in [2.05, 4.69) is 0 Å². The van der Waals surface area contributed by atoms with Gasteiger partial charge in [-0.2, -0.15) is 0 Å². The van der Waals surface area contributed by atoms with Crippen molar-refractivity contribution in [3.8, 4) is 0 Å². The number of hydrogen-bond donors (Lipinski definition) is 1. The van der Waals surface area contributed by atoms with Crippen molar-refractivity contribution in [2.24, 2.45) is 0 Å². The van der Waals surface area contributed by atoms with Crippen LogP contribution in [-0.2, 0) is 14.6 Å². The Kier molecular flexibility index (Phi) is 3.64. The van der Waals surface area contributed by atoms with E-state index in [1.807, 2.05) is 0 Å². The van der Waals surface area contributed by atoms with Crippen molar-refractivity contribution in [1.82, 2.24) is 4.90 Å². The molecule has 1 unspecified atom stereocenters. The number of hydrogen-bond acceptors (Lipinski definition) is 4. The molecule has 16 heavy (non-hydrogen) atoms. The average molecular weight is 249 g/mol. The number of likely N-dealkylation sites (tertiary alicyclic amines) is 1. The van der Waals surface area contributed by atoms with Crippen LogP contribution >= 0.6 is 0 Å². The third kappa shape index (κ3) is 2.22. The molecule has 94 valence electrons. The van der Waals surface area contributed by atoms with E-state index in [-0.39, 0.29) is 12.6 Å². The lowest BCUT2D eigenvalue weighted by atomic mass is 10.1. The predicted molar refractivity (Wildman–Crippen MR) is 60.7 cm³/mol. The van der Waals surface area contributed by atoms with Gasteiger partial charge in [-0.15, -0.1) is 0 Å². The van der Waals surface area contributed by atoms with Gasteiger partial charge in [0, 0.05) is 12.8 Å². The molecule has 0 bridgehead atoms. The average Bonchev–Trinajstić information content (AvgIpc) is 2.62. The molecule has 0 aromatic carbocycles. The highest BCUT2D eigenvalue weighted by atomic mass is 32.2. The highest BCUT2D eigenvalue weighted by molar-refractivity contribution is 7.92. The molecule has 0 spiro atoms. The molecular weight excluding hydrogens is 230 g/mol. The van der Waals surface area contributed by atoms with Crippen molar-refractivity contribution < 1.29 is 18.3 Å². The summed E-state index contributed by atoms with van der Waals surface area (Å²) in [5, 5.41) is 9.11. The summed E-state index contributed by atoms with van der Waals surface area (Å²) in [6.07, 6.45) is 2.62. The zero-order valence-electron chi connectivity index (χ0n) is 9.93. The summed E-state index contributed by atoms with van der Waals surface area (Å²) in [6.45, 7) is 3.25. The van der Waals surface area contributed by atoms with Crippen LogP contribution < -0.4 is 0 Å². The Labute approximate surface area is 96.4 Å². The molecule has 0 radical (unpaired) electrons. The van der Waals surface area contributed by atoms with Gasteiger partial charge >= 0.3 is 0 Å². The SMILES string of the molecule is CC(C)(C(=O)N1CCCC1CO)S(C)(=O)=O. The van der Waals surface area contributed by atoms with Crippen molar-refractivity contribution in [3.63, 3.8) is 0 Å². The van der Waals surface area contributed by atoms with Crippen LogP contribution in [0.15, 0.2) is 0 Å². The molecular formula is C10H19NO4S. The molecule has 1 N–H and O–H groups in total. The molecule has 1 amide bonds. The lowest BCUT2D eigenvalue weighted by Crippen LogP contribution is -2.51. The van der Waals surface area contributed by atoms with Gasteiger partial charge in [-0.25, -0.2) is 8.42 Å². The van der Waals surface area contributed by atoms with E-state index in [0.717, 1.165) is 19.1 Å². The van der Waals surface area contributed by atoms with E-state index < -0.39 is 20.5 Å². The topological polar surface area (TPSA) is 74.7 Å². The minimum Gasteiger partial charge on any atom is -0.394 e. The first kappa shape index (κ1) is 13.4. The minimum atomic E-state index is -3.44. The largest absolute Gasteiger partial charge is 0.394 e. The molecule has 0 aromatic heterocycles. The zero-order valence-corrected chi connectivity index (χ0v) is 10.7. The van der Waals surface area contributed by atoms with Crippen molar-refractivity contribution in [2.45, 2.75) is 37.5 Å². The summed E-state index contributed by atoms with van der Waals surface area (Å²) in [6, 6.07) is -0.228. The number of carbonyl (C=O) groups is 1. The Bertz CT molecular complexity index is 374. The molecule has 1 aliphatic heterocycles. The summed E-state index contributed by atoms with van der Waals surface area (Å²) >= 11 is 0. The fourth-order valence-electron chi connectivity index (χ4n) is 1.80. The highest BCUT2D eigenvalue weighted by Gasteiger charge is 2.44. The molecule has 6 heteroatoms. The van der Waals surface area contributed by atoms with E-state index in [1.165, 1.54) is 18.7 Å². The smallest absolute Gasteiger partial charge is 0.243 e. The predicted octanol–water partition coefficient (Wildman–Crippen LogP) is -0.207. The lowest BCUT2D eigenvalue weighted by Gasteiger charge is -2.31. The number of nitrogens with zero attached hydrogens (tertiary/aromatic N) is 1. The first-order valence-electron chi connectivity index (χ1n) is 5.33. The van der Waals surface area contributed by atoms with Crippen molar-refractivity contribution >= 4 is 15.7 Å². The second kappa shape index (κ2) is 4.33. The van der Waals surface area contributed by atoms with E-state index in [4.69, 9.17) is 5.11 Å². The number of amides is 1. The number of aliphatic hydroxyl groups excluding tert-OH is 1. The van der Waals surface area contributed by atoms with Crippen LogP contribution in [0.5, 0.6) is 0 Å². The molecule has 0 aromatic rings. The van der Waals surface area contributed by atoms with Crippen molar-refractivity contribution in [1.29, 1.82) is 0 Å². The quantitative estimate of drug-likeness (QED) is 0.751. The first-order valence-corrected chi connectivity index (χ1v) is 7.22. The van der Waals surface area contributed by atoms with E-state index in [9.17, 15) is 13.2 Å². The van der Waals surface area contributed by atoms with Crippen LogP contribution in [0.4, 0.5) is 0 Å². The van der Waals surface area contributed by atoms with Crippen LogP contribution in [0.3, 0.4) is 0 Å². The van der Waals surface area contributed by atoms with Gasteiger partial charge in [-0.3, -0.25) is 4.79 Å². The standard InChI is InChI=1S/C10H19NO4S/c1-10(2,16(3,14)15)9(13)11-6-4-5-8(11)7-12/h8,12H,4-7H2,1-3H3. The first-order chi connectivity index (χ1) is 7.21. The molecule has 1 saturated heterocycles. The number of rotatable bonds is 3. The maximum absolute atomic E-state index is 12.1.